The van der Waals surface area contributed by atoms with Crippen molar-refractivity contribution in [2.75, 3.05) is 11.9 Å². The molecule has 0 aliphatic carbocycles. The minimum atomic E-state index is -1.00. The second-order valence-corrected chi connectivity index (χ2v) is 5.65. The number of carbonyl (C=O) groups excluding carboxylic acids is 1. The molecular formula is C19H17F2N3O2. The van der Waals surface area contributed by atoms with Crippen molar-refractivity contribution in [3.8, 4) is 0 Å². The van der Waals surface area contributed by atoms with Crippen LogP contribution in [0.25, 0.3) is 11.0 Å². The van der Waals surface area contributed by atoms with Gasteiger partial charge in [0.25, 0.3) is 0 Å². The molecule has 0 spiro atoms. The number of unbranched alkanes of at least 4 members (excludes halogenated alkanes) is 1. The Labute approximate surface area is 149 Å². The van der Waals surface area contributed by atoms with Crippen molar-refractivity contribution in [1.82, 2.24) is 9.97 Å². The smallest absolute Gasteiger partial charge is 0.360 e. The minimum absolute atomic E-state index is 0.00969. The summed E-state index contributed by atoms with van der Waals surface area (Å²) >= 11 is 0. The molecule has 7 heteroatoms. The standard InChI is InChI=1S/C19H17F2N3O2/c1-2-3-10-26-19(25)17-18(22-12-8-9-13(20)14(21)11-12)24-16-7-5-4-6-15(16)23-17/h4-9,11H,2-3,10H2,1H3,(H,22,24). The van der Waals surface area contributed by atoms with Gasteiger partial charge in [-0.15, -0.1) is 0 Å². The molecule has 2 aromatic carbocycles. The van der Waals surface area contributed by atoms with Crippen LogP contribution in [0.1, 0.15) is 30.3 Å². The molecule has 0 fully saturated rings. The van der Waals surface area contributed by atoms with Crippen LogP contribution in [0.2, 0.25) is 0 Å². The lowest BCUT2D eigenvalue weighted by Gasteiger charge is -2.12. The van der Waals surface area contributed by atoms with E-state index >= 15 is 0 Å². The van der Waals surface area contributed by atoms with Crippen LogP contribution in [0, 0.1) is 11.6 Å². The van der Waals surface area contributed by atoms with Gasteiger partial charge in [-0.05, 0) is 30.7 Å². The summed E-state index contributed by atoms with van der Waals surface area (Å²) in [4.78, 5) is 21.1. The first-order chi connectivity index (χ1) is 12.6. The quantitative estimate of drug-likeness (QED) is 0.516. The fraction of sp³-hybridized carbons (Fsp3) is 0.211. The van der Waals surface area contributed by atoms with Crippen LogP contribution in [-0.2, 0) is 4.74 Å². The van der Waals surface area contributed by atoms with Gasteiger partial charge in [0.05, 0.1) is 17.6 Å². The number of nitrogens with one attached hydrogen (secondary N) is 1. The van der Waals surface area contributed by atoms with E-state index in [2.05, 4.69) is 15.3 Å². The number of carbonyl (C=O) groups is 1. The van der Waals surface area contributed by atoms with Gasteiger partial charge in [0.1, 0.15) is 0 Å². The van der Waals surface area contributed by atoms with Crippen molar-refractivity contribution < 1.29 is 18.3 Å². The summed E-state index contributed by atoms with van der Waals surface area (Å²) in [5, 5.41) is 2.82. The Kier molecular flexibility index (Phi) is 5.36. The minimum Gasteiger partial charge on any atom is -0.461 e. The number of aromatic nitrogens is 2. The van der Waals surface area contributed by atoms with Crippen LogP contribution < -0.4 is 5.32 Å². The van der Waals surface area contributed by atoms with Crippen molar-refractivity contribution in [2.45, 2.75) is 19.8 Å². The molecule has 0 saturated heterocycles. The predicted molar refractivity (Wildman–Crippen MR) is 94.4 cm³/mol. The Morgan fingerprint density at radius 1 is 1.08 bits per heavy atom. The van der Waals surface area contributed by atoms with Gasteiger partial charge in [0, 0.05) is 11.8 Å². The van der Waals surface area contributed by atoms with Gasteiger partial charge in [-0.25, -0.2) is 23.5 Å². The number of hydrogen-bond donors (Lipinski definition) is 1. The molecule has 0 radical (unpaired) electrons. The number of para-hydroxylation sites is 2. The Bertz CT molecular complexity index is 947. The number of hydrogen-bond acceptors (Lipinski definition) is 5. The summed E-state index contributed by atoms with van der Waals surface area (Å²) in [5.41, 5.74) is 1.33. The first-order valence-electron chi connectivity index (χ1n) is 8.24. The largest absolute Gasteiger partial charge is 0.461 e. The van der Waals surface area contributed by atoms with Crippen LogP contribution in [0.5, 0.6) is 0 Å². The van der Waals surface area contributed by atoms with E-state index in [1.54, 1.807) is 24.3 Å². The van der Waals surface area contributed by atoms with Crippen LogP contribution >= 0.6 is 0 Å². The molecule has 134 valence electrons. The van der Waals surface area contributed by atoms with Gasteiger partial charge in [0.2, 0.25) is 0 Å². The van der Waals surface area contributed by atoms with E-state index in [0.29, 0.717) is 11.0 Å². The molecule has 0 aliphatic rings. The third-order valence-corrected chi connectivity index (χ3v) is 3.68. The average molecular weight is 357 g/mol. The van der Waals surface area contributed by atoms with E-state index in [1.807, 2.05) is 6.92 Å². The van der Waals surface area contributed by atoms with Crippen LogP contribution in [0.15, 0.2) is 42.5 Å². The fourth-order valence-electron chi connectivity index (χ4n) is 2.32. The van der Waals surface area contributed by atoms with Crippen molar-refractivity contribution in [3.05, 3.63) is 59.8 Å². The second kappa shape index (κ2) is 7.86. The lowest BCUT2D eigenvalue weighted by Crippen LogP contribution is -2.13. The molecule has 1 heterocycles. The summed E-state index contributed by atoms with van der Waals surface area (Å²) in [6, 6.07) is 10.4. The zero-order chi connectivity index (χ0) is 18.5. The van der Waals surface area contributed by atoms with Crippen LogP contribution in [0.3, 0.4) is 0 Å². The number of benzene rings is 2. The van der Waals surface area contributed by atoms with Crippen LogP contribution in [-0.4, -0.2) is 22.5 Å². The second-order valence-electron chi connectivity index (χ2n) is 5.65. The normalized spacial score (nSPS) is 10.7. The Morgan fingerprint density at radius 3 is 2.50 bits per heavy atom. The van der Waals surface area contributed by atoms with Crippen molar-refractivity contribution in [1.29, 1.82) is 0 Å². The third-order valence-electron chi connectivity index (χ3n) is 3.68. The maximum Gasteiger partial charge on any atom is 0.360 e. The summed E-state index contributed by atoms with van der Waals surface area (Å²) < 4.78 is 31.8. The molecule has 1 N–H and O–H groups in total. The predicted octanol–water partition coefficient (Wildman–Crippen LogP) is 4.61. The summed E-state index contributed by atoms with van der Waals surface area (Å²) in [5.74, 6) is -2.46. The summed E-state index contributed by atoms with van der Waals surface area (Å²) in [7, 11) is 0. The lowest BCUT2D eigenvalue weighted by molar-refractivity contribution is 0.0494. The van der Waals surface area contributed by atoms with Gasteiger partial charge in [-0.3, -0.25) is 0 Å². The van der Waals surface area contributed by atoms with E-state index in [9.17, 15) is 13.6 Å². The molecule has 3 rings (SSSR count). The summed E-state index contributed by atoms with van der Waals surface area (Å²) in [6.07, 6.45) is 1.62. The number of rotatable bonds is 6. The Hall–Kier alpha value is -3.09. The number of fused-ring (bicyclic) bond motifs is 1. The highest BCUT2D eigenvalue weighted by Crippen LogP contribution is 2.23. The molecule has 0 saturated carbocycles. The number of halogens is 2. The maximum absolute atomic E-state index is 13.5. The average Bonchev–Trinajstić information content (AvgIpc) is 2.64. The molecule has 0 bridgehead atoms. The highest BCUT2D eigenvalue weighted by atomic mass is 19.2. The van der Waals surface area contributed by atoms with Crippen molar-refractivity contribution >= 4 is 28.5 Å². The van der Waals surface area contributed by atoms with Gasteiger partial charge in [0.15, 0.2) is 23.1 Å². The number of ether oxygens (including phenoxy) is 1. The van der Waals surface area contributed by atoms with Gasteiger partial charge >= 0.3 is 5.97 Å². The number of esters is 1. The topological polar surface area (TPSA) is 64.1 Å². The molecule has 26 heavy (non-hydrogen) atoms. The number of nitrogens with zero attached hydrogens (tertiary/aromatic N) is 2. The van der Waals surface area contributed by atoms with E-state index in [1.165, 1.54) is 6.07 Å². The maximum atomic E-state index is 13.5. The van der Waals surface area contributed by atoms with E-state index < -0.39 is 17.6 Å². The molecule has 0 aliphatic heterocycles. The van der Waals surface area contributed by atoms with Crippen molar-refractivity contribution in [3.63, 3.8) is 0 Å². The summed E-state index contributed by atoms with van der Waals surface area (Å²) in [6.45, 7) is 2.26. The van der Waals surface area contributed by atoms with E-state index in [-0.39, 0.29) is 23.8 Å². The number of anilines is 2. The van der Waals surface area contributed by atoms with Crippen molar-refractivity contribution in [2.24, 2.45) is 0 Å². The third kappa shape index (κ3) is 3.93. The molecule has 0 amide bonds. The highest BCUT2D eigenvalue weighted by molar-refractivity contribution is 5.96. The lowest BCUT2D eigenvalue weighted by atomic mass is 10.2. The zero-order valence-electron chi connectivity index (χ0n) is 14.1. The SMILES string of the molecule is CCCCOC(=O)c1nc2ccccc2nc1Nc1ccc(F)c(F)c1. The highest BCUT2D eigenvalue weighted by Gasteiger charge is 2.18. The monoisotopic (exact) mass is 357 g/mol. The van der Waals surface area contributed by atoms with Crippen LogP contribution in [0.4, 0.5) is 20.3 Å². The van der Waals surface area contributed by atoms with E-state index in [0.717, 1.165) is 25.0 Å². The van der Waals surface area contributed by atoms with Gasteiger partial charge < -0.3 is 10.1 Å². The molecular weight excluding hydrogens is 340 g/mol. The Balaban J connectivity index is 1.98. The van der Waals surface area contributed by atoms with Gasteiger partial charge in [-0.2, -0.15) is 0 Å². The molecule has 3 aromatic rings. The molecule has 1 aromatic heterocycles. The Morgan fingerprint density at radius 2 is 1.81 bits per heavy atom. The molecule has 5 nitrogen and oxygen atoms in total. The van der Waals surface area contributed by atoms with Gasteiger partial charge in [-0.1, -0.05) is 25.5 Å². The molecule has 0 atom stereocenters. The fourth-order valence-corrected chi connectivity index (χ4v) is 2.32. The van der Waals surface area contributed by atoms with E-state index in [4.69, 9.17) is 4.74 Å². The molecule has 0 unspecified atom stereocenters. The zero-order valence-corrected chi connectivity index (χ0v) is 14.1. The first-order valence-corrected chi connectivity index (χ1v) is 8.24. The first kappa shape index (κ1) is 17.7.